The van der Waals surface area contributed by atoms with E-state index in [2.05, 4.69) is 0 Å². The van der Waals surface area contributed by atoms with E-state index in [0.717, 1.165) is 0 Å². The van der Waals surface area contributed by atoms with E-state index in [-0.39, 0.29) is 29.6 Å². The first-order valence-corrected chi connectivity index (χ1v) is 4.39. The zero-order chi connectivity index (χ0) is 10.0. The molecule has 76 valence electrons. The van der Waals surface area contributed by atoms with Crippen LogP contribution in [0.15, 0.2) is 0 Å². The third-order valence-corrected chi connectivity index (χ3v) is 0.572. The molecule has 0 aromatic carbocycles. The summed E-state index contributed by atoms with van der Waals surface area (Å²) in [6.07, 6.45) is 0. The van der Waals surface area contributed by atoms with E-state index in [1.54, 1.807) is 13.7 Å². The van der Waals surface area contributed by atoms with E-state index in [0.29, 0.717) is 13.2 Å². The average Bonchev–Trinajstić information content (AvgIpc) is 1.85. The van der Waals surface area contributed by atoms with Crippen molar-refractivity contribution >= 4 is 10.4 Å². The van der Waals surface area contributed by atoms with E-state index >= 15 is 0 Å². The van der Waals surface area contributed by atoms with Crippen LogP contribution in [0.25, 0.3) is 0 Å². The summed E-state index contributed by atoms with van der Waals surface area (Å²) in [5.41, 5.74) is 0. The molecule has 0 aliphatic carbocycles. The fourth-order valence-electron chi connectivity index (χ4n) is 0.249. The van der Waals surface area contributed by atoms with Gasteiger partial charge in [0.25, 0.3) is 0 Å². The predicted molar refractivity (Wildman–Crippen MR) is 42.0 cm³/mol. The fraction of sp³-hybridized carbons (Fsp3) is 0.800. The maximum Gasteiger partial charge on any atom is 1.00 e. The molecule has 0 spiro atoms. The number of ether oxygens (including phenoxy) is 2. The van der Waals surface area contributed by atoms with Crippen molar-refractivity contribution in [2.24, 2.45) is 0 Å². The zero-order valence-electron chi connectivity index (χ0n) is 7.93. The van der Waals surface area contributed by atoms with Crippen molar-refractivity contribution in [2.45, 2.75) is 6.92 Å². The third kappa shape index (κ3) is 64.9. The van der Waals surface area contributed by atoms with Crippen molar-refractivity contribution in [3.05, 3.63) is 6.61 Å². The molecule has 0 saturated heterocycles. The molecule has 0 aromatic heterocycles. The van der Waals surface area contributed by atoms with Gasteiger partial charge in [0, 0.05) is 13.7 Å². The van der Waals surface area contributed by atoms with Crippen molar-refractivity contribution in [3.63, 3.8) is 0 Å². The molecular weight excluding hydrogens is 211 g/mol. The topological polar surface area (TPSA) is 93.1 Å². The van der Waals surface area contributed by atoms with Crippen LogP contribution in [-0.4, -0.2) is 37.8 Å². The summed E-state index contributed by atoms with van der Waals surface area (Å²) < 4.78 is 41.1. The minimum atomic E-state index is -4.67. The van der Waals surface area contributed by atoms with Gasteiger partial charge in [-0.25, -0.2) is 6.61 Å². The largest absolute Gasteiger partial charge is 1.00 e. The molecule has 0 rings (SSSR count). The van der Waals surface area contributed by atoms with Gasteiger partial charge in [0.05, 0.1) is 6.61 Å². The van der Waals surface area contributed by atoms with Crippen molar-refractivity contribution < 1.29 is 56.6 Å². The Kier molecular flexibility index (Phi) is 19.1. The van der Waals surface area contributed by atoms with Gasteiger partial charge in [-0.1, -0.05) is 0 Å². The quantitative estimate of drug-likeness (QED) is 0.232. The van der Waals surface area contributed by atoms with Crippen molar-refractivity contribution in [1.82, 2.24) is 0 Å². The van der Waals surface area contributed by atoms with Gasteiger partial charge in [-0.2, -0.15) is 15.3 Å². The Balaban J connectivity index is -0.000000150. The maximum absolute atomic E-state index is 8.74. The van der Waals surface area contributed by atoms with Crippen LogP contribution in [0.4, 0.5) is 0 Å². The Morgan fingerprint density at radius 3 is 1.92 bits per heavy atom. The van der Waals surface area contributed by atoms with E-state index in [1.165, 1.54) is 0 Å². The van der Waals surface area contributed by atoms with Crippen LogP contribution in [-0.2, 0) is 19.9 Å². The summed E-state index contributed by atoms with van der Waals surface area (Å²) >= 11 is 0. The molecule has 0 saturated carbocycles. The normalized spacial score (nSPS) is 9.54. The van der Waals surface area contributed by atoms with Gasteiger partial charge in [0.2, 0.25) is 0 Å². The average molecular weight is 224 g/mol. The Bertz CT molecular complexity index is 156. The maximum atomic E-state index is 8.74. The molecule has 13 heavy (non-hydrogen) atoms. The summed E-state index contributed by atoms with van der Waals surface area (Å²) in [5, 5.41) is 0. The second-order valence-electron chi connectivity index (χ2n) is 1.55. The summed E-state index contributed by atoms with van der Waals surface area (Å²) in [5.74, 6) is 0. The van der Waals surface area contributed by atoms with Gasteiger partial charge in [-0.05, 0) is 0 Å². The predicted octanol–water partition coefficient (Wildman–Crippen LogP) is -2.82. The number of rotatable bonds is 4. The Hall–Kier alpha value is 0.790. The smallest absolute Gasteiger partial charge is 0.551 e. The van der Waals surface area contributed by atoms with Crippen molar-refractivity contribution in [2.75, 3.05) is 20.3 Å². The van der Waals surface area contributed by atoms with Gasteiger partial charge in [0.1, 0.15) is 0 Å². The molecule has 0 atom stereocenters. The molecule has 2 N–H and O–H groups in total. The number of hydrogen-bond acceptors (Lipinski definition) is 4. The Labute approximate surface area is 100 Å². The molecule has 0 heterocycles. The van der Waals surface area contributed by atoms with Crippen LogP contribution >= 0.6 is 0 Å². The molecule has 0 aliphatic heterocycles. The summed E-state index contributed by atoms with van der Waals surface area (Å²) in [7, 11) is -3.01. The summed E-state index contributed by atoms with van der Waals surface area (Å²) in [4.78, 5) is 0. The first-order chi connectivity index (χ1) is 5.41. The van der Waals surface area contributed by atoms with Gasteiger partial charge >= 0.3 is 40.0 Å². The van der Waals surface area contributed by atoms with E-state index in [4.69, 9.17) is 27.0 Å². The van der Waals surface area contributed by atoms with Crippen LogP contribution in [0, 0.1) is 6.61 Å². The number of hydrogen-bond donors (Lipinski definition) is 2. The van der Waals surface area contributed by atoms with Crippen molar-refractivity contribution in [1.29, 1.82) is 0 Å². The fourth-order valence-corrected chi connectivity index (χ4v) is 0.249. The standard InChI is InChI=1S/C5H11O2.Na.H2O4S/c1-3-7-5-4-6-2;;1-5(2,3)4/h3H,4-5H2,1-2H3;;(H2,1,2,3,4)/q-1;+1;. The minimum absolute atomic E-state index is 0. The zero-order valence-corrected chi connectivity index (χ0v) is 10.7. The Morgan fingerprint density at radius 1 is 1.31 bits per heavy atom. The summed E-state index contributed by atoms with van der Waals surface area (Å²) in [6, 6.07) is 0. The molecule has 0 aliphatic rings. The van der Waals surface area contributed by atoms with Crippen LogP contribution in [0.3, 0.4) is 0 Å². The second kappa shape index (κ2) is 12.8. The van der Waals surface area contributed by atoms with Gasteiger partial charge in [-0.3, -0.25) is 9.11 Å². The van der Waals surface area contributed by atoms with E-state index < -0.39 is 10.4 Å². The molecule has 0 radical (unpaired) electrons. The SMILES string of the molecule is C[CH-]OCCOC.O=S(=O)(O)O.[Na+]. The monoisotopic (exact) mass is 224 g/mol. The molecule has 0 fully saturated rings. The molecule has 0 bridgehead atoms. The second-order valence-corrected chi connectivity index (χ2v) is 2.44. The van der Waals surface area contributed by atoms with Crippen LogP contribution in [0.5, 0.6) is 0 Å². The van der Waals surface area contributed by atoms with Gasteiger partial charge < -0.3 is 9.47 Å². The summed E-state index contributed by atoms with van der Waals surface area (Å²) in [6.45, 7) is 4.83. The van der Waals surface area contributed by atoms with Crippen LogP contribution < -0.4 is 29.6 Å². The van der Waals surface area contributed by atoms with Gasteiger partial charge in [0.15, 0.2) is 0 Å². The first-order valence-electron chi connectivity index (χ1n) is 3.00. The molecule has 0 aromatic rings. The van der Waals surface area contributed by atoms with Gasteiger partial charge in [-0.15, -0.1) is 0 Å². The van der Waals surface area contributed by atoms with Crippen LogP contribution in [0.2, 0.25) is 0 Å². The molecular formula is C5H13NaO6S. The molecule has 0 amide bonds. The molecule has 6 nitrogen and oxygen atoms in total. The van der Waals surface area contributed by atoms with Crippen molar-refractivity contribution in [3.8, 4) is 0 Å². The first kappa shape index (κ1) is 19.4. The minimum Gasteiger partial charge on any atom is -0.551 e. The number of methoxy groups -OCH3 is 1. The molecule has 0 unspecified atom stereocenters. The van der Waals surface area contributed by atoms with E-state index in [1.807, 2.05) is 6.92 Å². The molecule has 8 heteroatoms. The van der Waals surface area contributed by atoms with E-state index in [9.17, 15) is 0 Å². The Morgan fingerprint density at radius 2 is 1.69 bits per heavy atom. The third-order valence-electron chi connectivity index (χ3n) is 0.572. The van der Waals surface area contributed by atoms with Crippen LogP contribution in [0.1, 0.15) is 6.92 Å².